The van der Waals surface area contributed by atoms with E-state index in [2.05, 4.69) is 20.1 Å². The lowest BCUT2D eigenvalue weighted by Gasteiger charge is -2.22. The van der Waals surface area contributed by atoms with Crippen molar-refractivity contribution >= 4 is 34.4 Å². The quantitative estimate of drug-likeness (QED) is 0.291. The van der Waals surface area contributed by atoms with E-state index in [1.165, 1.54) is 12.1 Å². The minimum atomic E-state index is -1.46. The third kappa shape index (κ3) is 4.77. The molecular weight excluding hydrogens is 513 g/mol. The maximum Gasteiger partial charge on any atom is 0.412 e. The summed E-state index contributed by atoms with van der Waals surface area (Å²) in [6, 6.07) is 11.8. The Kier molecular flexibility index (Phi) is 6.48. The van der Waals surface area contributed by atoms with Crippen LogP contribution >= 0.6 is 0 Å². The van der Waals surface area contributed by atoms with E-state index in [4.69, 9.17) is 11.5 Å². The number of rotatable bonds is 6. The van der Waals surface area contributed by atoms with Crippen LogP contribution in [0.4, 0.5) is 35.3 Å². The van der Waals surface area contributed by atoms with Crippen LogP contribution in [0.2, 0.25) is 0 Å². The second-order valence-corrected chi connectivity index (χ2v) is 8.71. The van der Waals surface area contributed by atoms with Crippen LogP contribution < -0.4 is 16.4 Å². The largest absolute Gasteiger partial charge is 0.465 e. The van der Waals surface area contributed by atoms with Gasteiger partial charge in [0.2, 0.25) is 0 Å². The fourth-order valence-corrected chi connectivity index (χ4v) is 4.22. The van der Waals surface area contributed by atoms with Crippen LogP contribution in [0.1, 0.15) is 22.4 Å². The summed E-state index contributed by atoms with van der Waals surface area (Å²) >= 11 is 0. The SMILES string of the molecule is Cc1cccc(CN(C(=O)O)c2c(N)nc(-n3nc(Cc4ccccc4F)c4ncc(F)cc43)nc2N)c1F. The number of amides is 1. The molecule has 198 valence electrons. The molecule has 0 fully saturated rings. The van der Waals surface area contributed by atoms with Crippen molar-refractivity contribution in [1.82, 2.24) is 24.7 Å². The fourth-order valence-electron chi connectivity index (χ4n) is 4.22. The average molecular weight is 535 g/mol. The van der Waals surface area contributed by atoms with Crippen molar-refractivity contribution in [2.24, 2.45) is 0 Å². The standard InChI is InChI=1S/C26H21F3N8O2/c1-13-5-4-7-15(20(13)29)12-36(26(38)39)22-23(30)33-25(34-24(22)31)37-19-10-16(27)11-32-21(19)18(35-37)9-14-6-2-3-8-17(14)28/h2-8,10-11H,9,12H2,1H3,(H,38,39)(H4,30,31,33,34). The topological polar surface area (TPSA) is 149 Å². The number of anilines is 3. The van der Waals surface area contributed by atoms with E-state index in [9.17, 15) is 23.1 Å². The molecule has 5 aromatic rings. The van der Waals surface area contributed by atoms with Crippen LogP contribution in [0.15, 0.2) is 54.7 Å². The normalized spacial score (nSPS) is 11.2. The Morgan fingerprint density at radius 1 is 1.03 bits per heavy atom. The molecule has 3 heterocycles. The number of aromatic nitrogens is 5. The van der Waals surface area contributed by atoms with Crippen LogP contribution in [-0.4, -0.2) is 35.9 Å². The summed E-state index contributed by atoms with van der Waals surface area (Å²) in [4.78, 5) is 25.3. The molecule has 0 spiro atoms. The van der Waals surface area contributed by atoms with Gasteiger partial charge in [-0.05, 0) is 24.1 Å². The average Bonchev–Trinajstić information content (AvgIpc) is 3.24. The van der Waals surface area contributed by atoms with Crippen LogP contribution in [0, 0.1) is 24.4 Å². The Hall–Kier alpha value is -5.20. The summed E-state index contributed by atoms with van der Waals surface area (Å²) in [6.07, 6.45) is -0.429. The summed E-state index contributed by atoms with van der Waals surface area (Å²) in [5, 5.41) is 14.3. The molecular formula is C26H21F3N8O2. The number of carboxylic acid groups (broad SMARTS) is 1. The van der Waals surface area contributed by atoms with Gasteiger partial charge in [-0.25, -0.2) is 22.9 Å². The van der Waals surface area contributed by atoms with E-state index < -0.39 is 30.1 Å². The first-order valence-electron chi connectivity index (χ1n) is 11.6. The molecule has 13 heteroatoms. The molecule has 0 saturated heterocycles. The number of aryl methyl sites for hydroxylation is 1. The monoisotopic (exact) mass is 534 g/mol. The molecule has 1 amide bonds. The maximum absolute atomic E-state index is 14.6. The number of carbonyl (C=O) groups is 1. The number of nitrogens with two attached hydrogens (primary N) is 2. The third-order valence-corrected chi connectivity index (χ3v) is 6.09. The summed E-state index contributed by atoms with van der Waals surface area (Å²) in [5.41, 5.74) is 13.5. The van der Waals surface area contributed by atoms with Crippen LogP contribution in [0.5, 0.6) is 0 Å². The van der Waals surface area contributed by atoms with Crippen molar-refractivity contribution < 1.29 is 23.1 Å². The number of pyridine rings is 1. The minimum Gasteiger partial charge on any atom is -0.465 e. The van der Waals surface area contributed by atoms with E-state index in [-0.39, 0.29) is 46.3 Å². The van der Waals surface area contributed by atoms with Crippen molar-refractivity contribution in [2.45, 2.75) is 19.9 Å². The number of fused-ring (bicyclic) bond motifs is 1. The first-order valence-corrected chi connectivity index (χ1v) is 11.6. The van der Waals surface area contributed by atoms with Gasteiger partial charge in [0.25, 0.3) is 5.95 Å². The number of hydrogen-bond donors (Lipinski definition) is 3. The first-order chi connectivity index (χ1) is 18.6. The van der Waals surface area contributed by atoms with Gasteiger partial charge in [0.15, 0.2) is 11.6 Å². The zero-order valence-electron chi connectivity index (χ0n) is 20.4. The molecule has 0 bridgehead atoms. The molecule has 2 aromatic carbocycles. The van der Waals surface area contributed by atoms with Crippen molar-refractivity contribution in [1.29, 1.82) is 0 Å². The third-order valence-electron chi connectivity index (χ3n) is 6.09. The molecule has 0 radical (unpaired) electrons. The van der Waals surface area contributed by atoms with Gasteiger partial charge >= 0.3 is 6.09 Å². The Balaban J connectivity index is 1.59. The molecule has 10 nitrogen and oxygen atoms in total. The maximum atomic E-state index is 14.6. The molecule has 3 aromatic heterocycles. The van der Waals surface area contributed by atoms with Gasteiger partial charge in [0.05, 0.1) is 24.0 Å². The number of nitrogens with zero attached hydrogens (tertiary/aromatic N) is 6. The second-order valence-electron chi connectivity index (χ2n) is 8.71. The highest BCUT2D eigenvalue weighted by molar-refractivity contribution is 5.94. The van der Waals surface area contributed by atoms with E-state index in [0.29, 0.717) is 16.8 Å². The van der Waals surface area contributed by atoms with Gasteiger partial charge in [0, 0.05) is 18.1 Å². The van der Waals surface area contributed by atoms with E-state index in [0.717, 1.165) is 21.8 Å². The molecule has 5 N–H and O–H groups in total. The first kappa shape index (κ1) is 25.4. The number of benzene rings is 2. The van der Waals surface area contributed by atoms with Crippen molar-refractivity contribution in [2.75, 3.05) is 16.4 Å². The second kappa shape index (κ2) is 9.93. The van der Waals surface area contributed by atoms with Crippen LogP contribution in [0.3, 0.4) is 0 Å². The van der Waals surface area contributed by atoms with Crippen molar-refractivity contribution in [3.63, 3.8) is 0 Å². The minimum absolute atomic E-state index is 0.0344. The number of hydrogen-bond acceptors (Lipinski definition) is 7. The highest BCUT2D eigenvalue weighted by Crippen LogP contribution is 2.32. The van der Waals surface area contributed by atoms with Gasteiger partial charge in [-0.1, -0.05) is 36.4 Å². The number of nitrogen functional groups attached to an aromatic ring is 2. The molecule has 0 atom stereocenters. The van der Waals surface area contributed by atoms with Gasteiger partial charge < -0.3 is 16.6 Å². The summed E-state index contributed by atoms with van der Waals surface area (Å²) in [7, 11) is 0. The molecule has 0 aliphatic rings. The van der Waals surface area contributed by atoms with Gasteiger partial charge in [-0.15, -0.1) is 0 Å². The highest BCUT2D eigenvalue weighted by atomic mass is 19.1. The summed E-state index contributed by atoms with van der Waals surface area (Å²) < 4.78 is 44.2. The zero-order chi connectivity index (χ0) is 27.8. The Morgan fingerprint density at radius 2 is 1.72 bits per heavy atom. The lowest BCUT2D eigenvalue weighted by atomic mass is 10.1. The van der Waals surface area contributed by atoms with E-state index in [1.54, 1.807) is 37.3 Å². The van der Waals surface area contributed by atoms with Gasteiger partial charge in [-0.2, -0.15) is 19.7 Å². The van der Waals surface area contributed by atoms with E-state index in [1.807, 2.05) is 0 Å². The predicted octanol–water partition coefficient (Wildman–Crippen LogP) is 4.38. The summed E-state index contributed by atoms with van der Waals surface area (Å²) in [5.74, 6) is -2.56. The van der Waals surface area contributed by atoms with Crippen LogP contribution in [-0.2, 0) is 13.0 Å². The Bertz CT molecular complexity index is 1720. The predicted molar refractivity (Wildman–Crippen MR) is 138 cm³/mol. The lowest BCUT2D eigenvalue weighted by molar-refractivity contribution is 0.201. The molecule has 0 aliphatic heterocycles. The molecule has 5 rings (SSSR count). The molecule has 39 heavy (non-hydrogen) atoms. The Morgan fingerprint density at radius 3 is 2.41 bits per heavy atom. The smallest absolute Gasteiger partial charge is 0.412 e. The Labute approximate surface area is 219 Å². The van der Waals surface area contributed by atoms with Crippen molar-refractivity contribution in [3.8, 4) is 5.95 Å². The van der Waals surface area contributed by atoms with Gasteiger partial charge in [-0.3, -0.25) is 4.90 Å². The zero-order valence-corrected chi connectivity index (χ0v) is 20.4. The van der Waals surface area contributed by atoms with Gasteiger partial charge in [0.1, 0.15) is 28.7 Å². The number of halogens is 3. The van der Waals surface area contributed by atoms with E-state index >= 15 is 0 Å². The fraction of sp³-hybridized carbons (Fsp3) is 0.115. The van der Waals surface area contributed by atoms with Crippen LogP contribution in [0.25, 0.3) is 17.0 Å². The molecule has 0 unspecified atom stereocenters. The highest BCUT2D eigenvalue weighted by Gasteiger charge is 2.26. The lowest BCUT2D eigenvalue weighted by Crippen LogP contribution is -2.31. The molecule has 0 saturated carbocycles. The summed E-state index contributed by atoms with van der Waals surface area (Å²) in [6.45, 7) is 1.14. The van der Waals surface area contributed by atoms with Crippen molar-refractivity contribution in [3.05, 3.63) is 94.6 Å². The molecule has 0 aliphatic carbocycles.